The molecule has 1 aliphatic rings. The number of benzene rings is 2. The average molecular weight is 451 g/mol. The molecule has 3 heterocycles. The maximum Gasteiger partial charge on any atom is 0.256 e. The summed E-state index contributed by atoms with van der Waals surface area (Å²) in [7, 11) is 1.59. The maximum atomic E-state index is 13.4. The van der Waals surface area contributed by atoms with Gasteiger partial charge in [-0.15, -0.1) is 5.10 Å². The van der Waals surface area contributed by atoms with Gasteiger partial charge in [-0.25, -0.2) is 4.68 Å². The van der Waals surface area contributed by atoms with E-state index in [0.717, 1.165) is 34.8 Å². The van der Waals surface area contributed by atoms with Crippen LogP contribution in [-0.2, 0) is 11.3 Å². The first kappa shape index (κ1) is 20.5. The minimum absolute atomic E-state index is 0.0325. The Morgan fingerprint density at radius 1 is 1.12 bits per heavy atom. The van der Waals surface area contributed by atoms with Gasteiger partial charge < -0.3 is 14.8 Å². The van der Waals surface area contributed by atoms with Gasteiger partial charge in [-0.3, -0.25) is 9.59 Å². The third kappa shape index (κ3) is 3.60. The van der Waals surface area contributed by atoms with Gasteiger partial charge in [0.05, 0.1) is 22.6 Å². The Morgan fingerprint density at radius 2 is 1.91 bits per heavy atom. The lowest BCUT2D eigenvalue weighted by Gasteiger charge is -2.32. The van der Waals surface area contributed by atoms with Crippen LogP contribution in [0.25, 0.3) is 21.9 Å². The van der Waals surface area contributed by atoms with Crippen LogP contribution < -0.4 is 5.32 Å². The number of piperidine rings is 1. The molecular formula is C23H23ClN6O2. The Hall–Kier alpha value is -3.39. The standard InChI is InChI=1S/C23H23ClN6O2/c1-25-22(31)14-29-13-18(17-7-6-15(24)12-21(17)29)23(32)28-10-8-16(9-11-28)30-20-5-3-2-4-19(20)26-27-30/h2-7,12-13,16H,8-11,14H2,1H3,(H,25,31). The number of carbonyl (C=O) groups excluding carboxylic acids is 2. The summed E-state index contributed by atoms with van der Waals surface area (Å²) < 4.78 is 3.76. The third-order valence-electron chi connectivity index (χ3n) is 6.14. The highest BCUT2D eigenvalue weighted by Gasteiger charge is 2.28. The van der Waals surface area contributed by atoms with Crippen molar-refractivity contribution in [2.24, 2.45) is 0 Å². The highest BCUT2D eigenvalue weighted by Crippen LogP contribution is 2.29. The summed E-state index contributed by atoms with van der Waals surface area (Å²) in [6.07, 6.45) is 3.37. The lowest BCUT2D eigenvalue weighted by atomic mass is 10.0. The van der Waals surface area contributed by atoms with E-state index in [1.807, 2.05) is 39.9 Å². The molecule has 0 aliphatic carbocycles. The van der Waals surface area contributed by atoms with Gasteiger partial charge in [-0.05, 0) is 37.1 Å². The number of likely N-dealkylation sites (tertiary alicyclic amines) is 1. The van der Waals surface area contributed by atoms with E-state index in [1.54, 1.807) is 29.9 Å². The van der Waals surface area contributed by atoms with E-state index in [2.05, 4.69) is 15.6 Å². The number of rotatable bonds is 4. The molecule has 1 aliphatic heterocycles. The van der Waals surface area contributed by atoms with Crippen LogP contribution in [-0.4, -0.2) is 56.4 Å². The zero-order valence-corrected chi connectivity index (χ0v) is 18.4. The van der Waals surface area contributed by atoms with E-state index < -0.39 is 0 Å². The number of para-hydroxylation sites is 1. The van der Waals surface area contributed by atoms with Crippen molar-refractivity contribution in [3.63, 3.8) is 0 Å². The molecule has 2 amide bonds. The second-order valence-electron chi connectivity index (χ2n) is 8.05. The predicted molar refractivity (Wildman–Crippen MR) is 123 cm³/mol. The molecule has 8 nitrogen and oxygen atoms in total. The third-order valence-corrected chi connectivity index (χ3v) is 6.38. The number of fused-ring (bicyclic) bond motifs is 2. The highest BCUT2D eigenvalue weighted by molar-refractivity contribution is 6.31. The van der Waals surface area contributed by atoms with Crippen LogP contribution in [0.1, 0.15) is 29.2 Å². The Bertz CT molecular complexity index is 1320. The van der Waals surface area contributed by atoms with Gasteiger partial charge in [0.2, 0.25) is 5.91 Å². The van der Waals surface area contributed by atoms with Crippen molar-refractivity contribution in [1.82, 2.24) is 29.8 Å². The molecule has 2 aromatic carbocycles. The van der Waals surface area contributed by atoms with Crippen LogP contribution in [0, 0.1) is 0 Å². The Kier molecular flexibility index (Phi) is 5.30. The minimum atomic E-state index is -0.137. The van der Waals surface area contributed by atoms with E-state index in [-0.39, 0.29) is 24.4 Å². The number of carbonyl (C=O) groups is 2. The summed E-state index contributed by atoms with van der Waals surface area (Å²) in [5.74, 6) is -0.170. The first-order valence-corrected chi connectivity index (χ1v) is 11.0. The molecule has 0 atom stereocenters. The molecule has 0 radical (unpaired) electrons. The van der Waals surface area contributed by atoms with E-state index in [1.165, 1.54) is 0 Å². The topological polar surface area (TPSA) is 85.0 Å². The molecule has 32 heavy (non-hydrogen) atoms. The second-order valence-corrected chi connectivity index (χ2v) is 8.49. The fraction of sp³-hybridized carbons (Fsp3) is 0.304. The lowest BCUT2D eigenvalue weighted by molar-refractivity contribution is -0.121. The molecule has 1 fully saturated rings. The fourth-order valence-corrected chi connectivity index (χ4v) is 4.61. The normalized spacial score (nSPS) is 14.9. The largest absolute Gasteiger partial charge is 0.358 e. The van der Waals surface area contributed by atoms with Gasteiger partial charge in [0, 0.05) is 36.7 Å². The number of hydrogen-bond donors (Lipinski definition) is 1. The van der Waals surface area contributed by atoms with Crippen molar-refractivity contribution in [1.29, 1.82) is 0 Å². The Balaban J connectivity index is 1.38. The molecule has 0 saturated carbocycles. The van der Waals surface area contributed by atoms with E-state index >= 15 is 0 Å². The van der Waals surface area contributed by atoms with Gasteiger partial charge in [0.1, 0.15) is 12.1 Å². The highest BCUT2D eigenvalue weighted by atomic mass is 35.5. The molecule has 9 heteroatoms. The number of aromatic nitrogens is 4. The van der Waals surface area contributed by atoms with E-state index in [0.29, 0.717) is 23.7 Å². The smallest absolute Gasteiger partial charge is 0.256 e. The van der Waals surface area contributed by atoms with Crippen molar-refractivity contribution in [3.05, 3.63) is 59.2 Å². The summed E-state index contributed by atoms with van der Waals surface area (Å²) in [6.45, 7) is 1.39. The van der Waals surface area contributed by atoms with Gasteiger partial charge in [0.25, 0.3) is 5.91 Å². The van der Waals surface area contributed by atoms with Gasteiger partial charge in [-0.2, -0.15) is 0 Å². The summed E-state index contributed by atoms with van der Waals surface area (Å²) in [6, 6.07) is 13.5. The molecule has 1 N–H and O–H groups in total. The zero-order valence-electron chi connectivity index (χ0n) is 17.7. The summed E-state index contributed by atoms with van der Waals surface area (Å²) in [5.41, 5.74) is 3.26. The van der Waals surface area contributed by atoms with Crippen LogP contribution in [0.15, 0.2) is 48.7 Å². The van der Waals surface area contributed by atoms with Crippen LogP contribution >= 0.6 is 11.6 Å². The fourth-order valence-electron chi connectivity index (χ4n) is 4.44. The molecule has 1 saturated heterocycles. The quantitative estimate of drug-likeness (QED) is 0.517. The van der Waals surface area contributed by atoms with Crippen molar-refractivity contribution >= 4 is 45.4 Å². The summed E-state index contributed by atoms with van der Waals surface area (Å²) in [4.78, 5) is 27.3. The molecule has 0 bridgehead atoms. The Labute approximate surface area is 189 Å². The Morgan fingerprint density at radius 3 is 2.69 bits per heavy atom. The van der Waals surface area contributed by atoms with E-state index in [9.17, 15) is 9.59 Å². The minimum Gasteiger partial charge on any atom is -0.358 e. The molecule has 5 rings (SSSR count). The van der Waals surface area contributed by atoms with Gasteiger partial charge >= 0.3 is 0 Å². The van der Waals surface area contributed by atoms with E-state index in [4.69, 9.17) is 11.6 Å². The van der Waals surface area contributed by atoms with Crippen LogP contribution in [0.5, 0.6) is 0 Å². The first-order valence-electron chi connectivity index (χ1n) is 10.6. The number of likely N-dealkylation sites (N-methyl/N-ethyl adjacent to an activating group) is 1. The zero-order chi connectivity index (χ0) is 22.2. The molecule has 0 spiro atoms. The maximum absolute atomic E-state index is 13.4. The van der Waals surface area contributed by atoms with Gasteiger partial charge in [-0.1, -0.05) is 35.0 Å². The first-order chi connectivity index (χ1) is 15.5. The van der Waals surface area contributed by atoms with Crippen molar-refractivity contribution < 1.29 is 9.59 Å². The number of hydrogen-bond acceptors (Lipinski definition) is 4. The number of nitrogens with one attached hydrogen (secondary N) is 1. The average Bonchev–Trinajstić information content (AvgIpc) is 3.40. The second kappa shape index (κ2) is 8.27. The predicted octanol–water partition coefficient (Wildman–Crippen LogP) is 3.26. The molecular weight excluding hydrogens is 428 g/mol. The monoisotopic (exact) mass is 450 g/mol. The van der Waals surface area contributed by atoms with Crippen molar-refractivity contribution in [2.75, 3.05) is 20.1 Å². The number of nitrogens with zero attached hydrogens (tertiary/aromatic N) is 5. The van der Waals surface area contributed by atoms with Crippen LogP contribution in [0.2, 0.25) is 5.02 Å². The molecule has 2 aromatic heterocycles. The van der Waals surface area contributed by atoms with Crippen LogP contribution in [0.4, 0.5) is 0 Å². The SMILES string of the molecule is CNC(=O)Cn1cc(C(=O)N2CCC(n3nnc4ccccc43)CC2)c2ccc(Cl)cc21. The molecule has 164 valence electrons. The lowest BCUT2D eigenvalue weighted by Crippen LogP contribution is -2.39. The summed E-state index contributed by atoms with van der Waals surface area (Å²) >= 11 is 6.18. The van der Waals surface area contributed by atoms with Crippen molar-refractivity contribution in [2.45, 2.75) is 25.4 Å². The molecule has 0 unspecified atom stereocenters. The summed E-state index contributed by atoms with van der Waals surface area (Å²) in [5, 5.41) is 12.6. The number of halogens is 1. The van der Waals surface area contributed by atoms with Crippen LogP contribution in [0.3, 0.4) is 0 Å². The molecule has 4 aromatic rings. The van der Waals surface area contributed by atoms with Gasteiger partial charge in [0.15, 0.2) is 0 Å². The number of amides is 2. The van der Waals surface area contributed by atoms with Crippen molar-refractivity contribution in [3.8, 4) is 0 Å².